The second-order valence-corrected chi connectivity index (χ2v) is 5.44. The zero-order valence-electron chi connectivity index (χ0n) is 11.8. The van der Waals surface area contributed by atoms with Gasteiger partial charge in [0.15, 0.2) is 5.82 Å². The fraction of sp³-hybridized carbons (Fsp3) is 0.214. The summed E-state index contributed by atoms with van der Waals surface area (Å²) in [5, 5.41) is 9.20. The number of halogens is 1. The lowest BCUT2D eigenvalue weighted by Crippen LogP contribution is -2.56. The summed E-state index contributed by atoms with van der Waals surface area (Å²) in [6, 6.07) is 6.28. The second-order valence-electron chi connectivity index (χ2n) is 5.01. The molecule has 0 bridgehead atoms. The summed E-state index contributed by atoms with van der Waals surface area (Å²) in [5.41, 5.74) is -1.31. The zero-order chi connectivity index (χ0) is 15.9. The van der Waals surface area contributed by atoms with Gasteiger partial charge in [-0.05, 0) is 32.0 Å². The topological polar surface area (TPSA) is 93.5 Å². The molecule has 0 radical (unpaired) electrons. The van der Waals surface area contributed by atoms with Crippen LogP contribution in [0.25, 0.3) is 0 Å². The first-order valence-corrected chi connectivity index (χ1v) is 6.81. The minimum absolute atomic E-state index is 0.210. The number of anilines is 2. The highest BCUT2D eigenvalue weighted by Gasteiger charge is 2.47. The van der Waals surface area contributed by atoms with Gasteiger partial charge in [0.25, 0.3) is 17.4 Å². The summed E-state index contributed by atoms with van der Waals surface area (Å²) >= 11 is 5.86. The number of aromatic nitrogens is 1. The molecule has 7 nitrogen and oxygen atoms in total. The Hall–Kier alpha value is -2.54. The standard InChI is InChI=1S/C14H12ClN3O4/c1-7-5-11(18-22-7)17-13(20)14(2)12(19)16-9-6-8(15)3-4-10(9)21-14/h3-6H,1-2H3,(H,16,19)(H,17,18,20)/t14-/m0/s1. The van der Waals surface area contributed by atoms with E-state index >= 15 is 0 Å². The average molecular weight is 322 g/mol. The van der Waals surface area contributed by atoms with Crippen molar-refractivity contribution in [1.29, 1.82) is 0 Å². The number of rotatable bonds is 2. The number of hydrogen-bond acceptors (Lipinski definition) is 5. The smallest absolute Gasteiger partial charge is 0.279 e. The van der Waals surface area contributed by atoms with Gasteiger partial charge in [-0.25, -0.2) is 0 Å². The Kier molecular flexibility index (Phi) is 3.29. The Morgan fingerprint density at radius 2 is 2.18 bits per heavy atom. The van der Waals surface area contributed by atoms with Crippen LogP contribution in [0.5, 0.6) is 5.75 Å². The number of hydrogen-bond donors (Lipinski definition) is 2. The molecule has 0 unspecified atom stereocenters. The van der Waals surface area contributed by atoms with E-state index < -0.39 is 17.4 Å². The molecule has 0 saturated heterocycles. The molecule has 0 spiro atoms. The molecule has 1 aromatic carbocycles. The summed E-state index contributed by atoms with van der Waals surface area (Å²) in [7, 11) is 0. The normalized spacial score (nSPS) is 19.9. The van der Waals surface area contributed by atoms with Gasteiger partial charge in [0.05, 0.1) is 5.69 Å². The molecule has 2 aromatic rings. The van der Waals surface area contributed by atoms with E-state index in [1.165, 1.54) is 13.0 Å². The van der Waals surface area contributed by atoms with Crippen molar-refractivity contribution in [3.63, 3.8) is 0 Å². The molecule has 114 valence electrons. The van der Waals surface area contributed by atoms with Crippen molar-refractivity contribution < 1.29 is 18.8 Å². The van der Waals surface area contributed by atoms with Gasteiger partial charge in [-0.2, -0.15) is 0 Å². The first-order valence-electron chi connectivity index (χ1n) is 6.43. The molecule has 8 heteroatoms. The Morgan fingerprint density at radius 3 is 2.86 bits per heavy atom. The van der Waals surface area contributed by atoms with E-state index in [1.807, 2.05) is 0 Å². The van der Waals surface area contributed by atoms with Crippen LogP contribution < -0.4 is 15.4 Å². The Labute approximate surface area is 130 Å². The lowest BCUT2D eigenvalue weighted by atomic mass is 10.0. The van der Waals surface area contributed by atoms with Crippen molar-refractivity contribution >= 4 is 34.9 Å². The third kappa shape index (κ3) is 2.39. The molecule has 0 aliphatic carbocycles. The summed E-state index contributed by atoms with van der Waals surface area (Å²) in [6.07, 6.45) is 0. The molecule has 2 amide bonds. The van der Waals surface area contributed by atoms with Gasteiger partial charge in [-0.15, -0.1) is 0 Å². The third-order valence-electron chi connectivity index (χ3n) is 3.24. The average Bonchev–Trinajstić information content (AvgIpc) is 2.86. The van der Waals surface area contributed by atoms with Crippen molar-refractivity contribution in [2.24, 2.45) is 0 Å². The van der Waals surface area contributed by atoms with E-state index in [0.29, 0.717) is 22.2 Å². The van der Waals surface area contributed by atoms with E-state index in [1.54, 1.807) is 25.1 Å². The number of aryl methyl sites for hydroxylation is 1. The molecule has 22 heavy (non-hydrogen) atoms. The van der Waals surface area contributed by atoms with E-state index in [4.69, 9.17) is 20.9 Å². The highest BCUT2D eigenvalue weighted by Crippen LogP contribution is 2.35. The van der Waals surface area contributed by atoms with Gasteiger partial charge < -0.3 is 19.9 Å². The molecule has 3 rings (SSSR count). The summed E-state index contributed by atoms with van der Waals surface area (Å²) in [6.45, 7) is 3.07. The second kappa shape index (κ2) is 5.03. The molecule has 0 saturated carbocycles. The maximum absolute atomic E-state index is 12.4. The first-order chi connectivity index (χ1) is 10.4. The number of nitrogens with one attached hydrogen (secondary N) is 2. The third-order valence-corrected chi connectivity index (χ3v) is 3.48. The Morgan fingerprint density at radius 1 is 1.41 bits per heavy atom. The van der Waals surface area contributed by atoms with Gasteiger partial charge >= 0.3 is 0 Å². The number of amides is 2. The number of fused-ring (bicyclic) bond motifs is 1. The van der Waals surface area contributed by atoms with Crippen molar-refractivity contribution in [2.45, 2.75) is 19.4 Å². The van der Waals surface area contributed by atoms with Crippen LogP contribution in [0.1, 0.15) is 12.7 Å². The molecular weight excluding hydrogens is 310 g/mol. The molecule has 1 aliphatic heterocycles. The fourth-order valence-electron chi connectivity index (χ4n) is 2.01. The van der Waals surface area contributed by atoms with Crippen LogP contribution >= 0.6 is 11.6 Å². The van der Waals surface area contributed by atoms with Gasteiger partial charge in [0.1, 0.15) is 11.5 Å². The monoisotopic (exact) mass is 321 g/mol. The van der Waals surface area contributed by atoms with Crippen LogP contribution in [-0.4, -0.2) is 22.6 Å². The Balaban J connectivity index is 1.87. The van der Waals surface area contributed by atoms with E-state index in [0.717, 1.165) is 0 Å². The van der Waals surface area contributed by atoms with E-state index in [-0.39, 0.29) is 5.82 Å². The van der Waals surface area contributed by atoms with Crippen LogP contribution in [0.15, 0.2) is 28.8 Å². The number of nitrogens with zero attached hydrogens (tertiary/aromatic N) is 1. The Bertz CT molecular complexity index is 773. The highest BCUT2D eigenvalue weighted by atomic mass is 35.5. The molecule has 2 N–H and O–H groups in total. The quantitative estimate of drug-likeness (QED) is 0.828. The van der Waals surface area contributed by atoms with Gasteiger partial charge in [0.2, 0.25) is 0 Å². The van der Waals surface area contributed by atoms with Crippen LogP contribution in [0, 0.1) is 6.92 Å². The fourth-order valence-corrected chi connectivity index (χ4v) is 2.18. The molecule has 1 atom stereocenters. The molecule has 0 fully saturated rings. The van der Waals surface area contributed by atoms with Crippen LogP contribution in [-0.2, 0) is 9.59 Å². The van der Waals surface area contributed by atoms with Gasteiger partial charge in [-0.3, -0.25) is 9.59 Å². The van der Waals surface area contributed by atoms with Crippen molar-refractivity contribution in [1.82, 2.24) is 5.16 Å². The zero-order valence-corrected chi connectivity index (χ0v) is 12.5. The predicted molar refractivity (Wildman–Crippen MR) is 79.0 cm³/mol. The number of carbonyl (C=O) groups excluding carboxylic acids is 2. The van der Waals surface area contributed by atoms with Crippen molar-refractivity contribution in [2.75, 3.05) is 10.6 Å². The van der Waals surface area contributed by atoms with Gasteiger partial charge in [-0.1, -0.05) is 16.8 Å². The number of ether oxygens (including phenoxy) is 1. The lowest BCUT2D eigenvalue weighted by Gasteiger charge is -2.33. The van der Waals surface area contributed by atoms with Crippen LogP contribution in [0.3, 0.4) is 0 Å². The maximum Gasteiger partial charge on any atom is 0.279 e. The summed E-state index contributed by atoms with van der Waals surface area (Å²) < 4.78 is 10.4. The minimum atomic E-state index is -1.73. The SMILES string of the molecule is Cc1cc(NC(=O)[C@@]2(C)Oc3ccc(Cl)cc3NC2=O)no1. The largest absolute Gasteiger partial charge is 0.466 e. The number of benzene rings is 1. The summed E-state index contributed by atoms with van der Waals surface area (Å²) in [4.78, 5) is 24.6. The van der Waals surface area contributed by atoms with E-state index in [2.05, 4.69) is 15.8 Å². The molecule has 1 aliphatic rings. The van der Waals surface area contributed by atoms with Gasteiger partial charge in [0, 0.05) is 11.1 Å². The lowest BCUT2D eigenvalue weighted by molar-refractivity contribution is -0.143. The van der Waals surface area contributed by atoms with Crippen LogP contribution in [0.2, 0.25) is 5.02 Å². The molecule has 2 heterocycles. The summed E-state index contributed by atoms with van der Waals surface area (Å²) in [5.74, 6) is -0.145. The van der Waals surface area contributed by atoms with Crippen molar-refractivity contribution in [3.8, 4) is 5.75 Å². The highest BCUT2D eigenvalue weighted by molar-refractivity contribution is 6.31. The predicted octanol–water partition coefficient (Wildman–Crippen LogP) is 2.36. The van der Waals surface area contributed by atoms with E-state index in [9.17, 15) is 9.59 Å². The first kappa shape index (κ1) is 14.4. The maximum atomic E-state index is 12.4. The molecule has 1 aromatic heterocycles. The number of carbonyl (C=O) groups is 2. The van der Waals surface area contributed by atoms with Crippen molar-refractivity contribution in [3.05, 3.63) is 35.0 Å². The minimum Gasteiger partial charge on any atom is -0.466 e. The molecular formula is C14H12ClN3O4. The van der Waals surface area contributed by atoms with Crippen LogP contribution in [0.4, 0.5) is 11.5 Å².